The Balaban J connectivity index is 0.744. The van der Waals surface area contributed by atoms with Crippen LogP contribution < -0.4 is 31.1 Å². The van der Waals surface area contributed by atoms with Gasteiger partial charge in [-0.1, -0.05) is 66.7 Å². The Morgan fingerprint density at radius 1 is 0.679 bits per heavy atom. The fourth-order valence-corrected chi connectivity index (χ4v) is 13.5. The second-order valence-corrected chi connectivity index (χ2v) is 24.9. The van der Waals surface area contributed by atoms with Crippen molar-refractivity contribution in [3.8, 4) is 20.9 Å². The predicted octanol–water partition coefficient (Wildman–Crippen LogP) is 11.4. The van der Waals surface area contributed by atoms with Crippen molar-refractivity contribution in [1.29, 1.82) is 0 Å². The van der Waals surface area contributed by atoms with Gasteiger partial charge >= 0.3 is 0 Å². The van der Waals surface area contributed by atoms with Crippen molar-refractivity contribution in [3.63, 3.8) is 0 Å². The van der Waals surface area contributed by atoms with Crippen LogP contribution in [-0.2, 0) is 27.4 Å². The fraction of sp³-hybridized carbons (Fsp3) is 0.246. The Morgan fingerprint density at radius 2 is 1.22 bits per heavy atom. The summed E-state index contributed by atoms with van der Waals surface area (Å²) in [7, 11) is -1.58. The van der Waals surface area contributed by atoms with Gasteiger partial charge in [0.05, 0.1) is 50.9 Å². The number of sulfone groups is 1. The van der Waals surface area contributed by atoms with Gasteiger partial charge in [-0.25, -0.2) is 27.2 Å². The lowest BCUT2D eigenvalue weighted by Crippen LogP contribution is -2.33. The summed E-state index contributed by atoms with van der Waals surface area (Å²) in [5.41, 5.74) is 7.31. The Hall–Kier alpha value is -8.17. The maximum absolute atomic E-state index is 16.3. The quantitative estimate of drug-likeness (QED) is 0.0720. The number of rotatable bonds is 16. The molecule has 414 valence electrons. The Bertz CT molecular complexity index is 3880. The van der Waals surface area contributed by atoms with Gasteiger partial charge in [0.2, 0.25) is 0 Å². The molecule has 3 aliphatic rings. The molecule has 3 atom stereocenters. The smallest absolute Gasteiger partial charge is 0.276 e. The number of nitrogens with zero attached hydrogens (tertiary/aromatic N) is 4. The number of nitrogens with one attached hydrogen (secondary N) is 4. The number of anilines is 6. The van der Waals surface area contributed by atoms with Crippen LogP contribution in [0.15, 0.2) is 127 Å². The van der Waals surface area contributed by atoms with Gasteiger partial charge in [-0.3, -0.25) is 19.2 Å². The zero-order valence-corrected chi connectivity index (χ0v) is 47.1. The highest BCUT2D eigenvalue weighted by Gasteiger charge is 2.45. The molecule has 0 spiro atoms. The highest BCUT2D eigenvalue weighted by atomic mass is 32.2. The van der Waals surface area contributed by atoms with E-state index < -0.39 is 33.3 Å². The van der Waals surface area contributed by atoms with Crippen molar-refractivity contribution < 1.29 is 41.1 Å². The summed E-state index contributed by atoms with van der Waals surface area (Å²) in [6, 6.07) is 36.7. The summed E-state index contributed by atoms with van der Waals surface area (Å²) in [5.74, 6) is -1.74. The van der Waals surface area contributed by atoms with Gasteiger partial charge in [-0.05, 0) is 133 Å². The normalized spacial score (nSPS) is 15.7. The van der Waals surface area contributed by atoms with Crippen molar-refractivity contribution in [2.75, 3.05) is 76.4 Å². The van der Waals surface area contributed by atoms with E-state index in [0.29, 0.717) is 76.4 Å². The van der Waals surface area contributed by atoms with Crippen molar-refractivity contribution >= 4 is 90.5 Å². The van der Waals surface area contributed by atoms with E-state index >= 15 is 4.39 Å². The second-order valence-electron chi connectivity index (χ2n) is 20.5. The third-order valence-electron chi connectivity index (χ3n) is 14.8. The lowest BCUT2D eigenvalue weighted by atomic mass is 10.0. The number of thiophene rings is 2. The molecular weight excluding hydrogens is 1090 g/mol. The summed E-state index contributed by atoms with van der Waals surface area (Å²) < 4.78 is 59.9. The molecule has 4 aromatic carbocycles. The van der Waals surface area contributed by atoms with Crippen LogP contribution in [0.5, 0.6) is 0 Å². The first-order valence-electron chi connectivity index (χ1n) is 26.4. The van der Waals surface area contributed by atoms with Gasteiger partial charge in [-0.2, -0.15) is 0 Å². The van der Waals surface area contributed by atoms with Gasteiger partial charge in [0, 0.05) is 53.9 Å². The van der Waals surface area contributed by atoms with Crippen molar-refractivity contribution in [2.24, 2.45) is 5.92 Å². The second kappa shape index (κ2) is 22.8. The molecule has 0 saturated heterocycles. The topological polar surface area (TPSA) is 192 Å². The first kappa shape index (κ1) is 54.8. The van der Waals surface area contributed by atoms with E-state index in [1.807, 2.05) is 60.7 Å². The number of fused-ring (bicyclic) bond motifs is 6. The molecule has 8 aromatic rings. The molecular formula is C61H56F2N8O7S3. The summed E-state index contributed by atoms with van der Waals surface area (Å²) in [5, 5.41) is 12.1. The number of para-hydroxylation sites is 3. The number of aryl methyl sites for hydroxylation is 2. The minimum absolute atomic E-state index is 0.0200. The van der Waals surface area contributed by atoms with Crippen LogP contribution >= 0.6 is 22.7 Å². The first-order chi connectivity index (χ1) is 39.0. The van der Waals surface area contributed by atoms with E-state index in [4.69, 9.17) is 9.72 Å². The maximum atomic E-state index is 16.3. The van der Waals surface area contributed by atoms with Gasteiger partial charge in [0.25, 0.3) is 23.6 Å². The Morgan fingerprint density at radius 3 is 1.78 bits per heavy atom. The van der Waals surface area contributed by atoms with Gasteiger partial charge < -0.3 is 35.8 Å². The molecule has 4 N–H and O–H groups in total. The van der Waals surface area contributed by atoms with Crippen molar-refractivity contribution in [1.82, 2.24) is 9.97 Å². The molecule has 81 heavy (non-hydrogen) atoms. The number of aromatic nitrogens is 2. The van der Waals surface area contributed by atoms with Crippen LogP contribution in [0.25, 0.3) is 20.9 Å². The zero-order chi connectivity index (χ0) is 56.7. The lowest BCUT2D eigenvalue weighted by molar-refractivity contribution is 0.0975. The van der Waals surface area contributed by atoms with E-state index in [9.17, 15) is 32.0 Å². The Labute approximate surface area is 475 Å². The zero-order valence-electron chi connectivity index (χ0n) is 44.6. The molecule has 6 heterocycles. The van der Waals surface area contributed by atoms with E-state index in [1.54, 1.807) is 85.4 Å². The van der Waals surface area contributed by atoms with E-state index in [1.165, 1.54) is 34.8 Å². The fourth-order valence-electron chi connectivity index (χ4n) is 10.7. The van der Waals surface area contributed by atoms with Crippen LogP contribution in [0.1, 0.15) is 80.5 Å². The molecule has 15 nitrogen and oxygen atoms in total. The monoisotopic (exact) mass is 1150 g/mol. The van der Waals surface area contributed by atoms with Crippen LogP contribution in [-0.4, -0.2) is 93.4 Å². The summed E-state index contributed by atoms with van der Waals surface area (Å²) in [6.45, 7) is 4.60. The summed E-state index contributed by atoms with van der Waals surface area (Å²) in [6.07, 6.45) is 2.80. The third-order valence-corrected chi connectivity index (χ3v) is 18.2. The van der Waals surface area contributed by atoms with E-state index in [-0.39, 0.29) is 64.8 Å². The average Bonchev–Trinajstić information content (AvgIpc) is 4.22. The highest BCUT2D eigenvalue weighted by Crippen LogP contribution is 2.51. The third kappa shape index (κ3) is 11.6. The van der Waals surface area contributed by atoms with Gasteiger partial charge in [-0.15, -0.1) is 22.7 Å². The first-order valence-corrected chi connectivity index (χ1v) is 30.1. The minimum Gasteiger partial charge on any atom is -0.383 e. The molecule has 0 bridgehead atoms. The number of halogens is 2. The average molecular weight is 1150 g/mol. The highest BCUT2D eigenvalue weighted by molar-refractivity contribution is 7.90. The SMILES string of the molecule is COCC(Nc1cccc(C(=O)N2CCc3cc(C(=O)Nc4c(C)cccc4F)sc3-c3ccccc32)n1)C1CC1c1cc(C)c(NC(=O)c2cc3c(s2)-c2ccccc2N(C(=O)c2cccc(NCCS(C)(=O)=O)n2)CC3)c(F)c1. The van der Waals surface area contributed by atoms with Crippen molar-refractivity contribution in [2.45, 2.75) is 45.1 Å². The van der Waals surface area contributed by atoms with Crippen LogP contribution in [0, 0.1) is 31.4 Å². The number of hydrogen-bond donors (Lipinski definition) is 4. The number of methoxy groups -OCH3 is 1. The van der Waals surface area contributed by atoms with Crippen LogP contribution in [0.4, 0.5) is 43.2 Å². The minimum atomic E-state index is -3.19. The Kier molecular flexibility index (Phi) is 15.4. The predicted molar refractivity (Wildman–Crippen MR) is 315 cm³/mol. The largest absolute Gasteiger partial charge is 0.383 e. The standard InChI is InChI=1S/C61H56F2N8O7S3/c1-34-12-9-15-43(62)54(34)68-58(72)50-30-36-23-26-71(49-19-8-6-14-40(49)56(36)79-50)61(75)46-17-11-21-53(66-46)67-47(33-78-3)42-32-41(42)38-28-35(2)55(44(63)29-38)69-59(73)51-31-37-22-25-70(48-18-7-5-13-39(48)57(37)80-51)60(74)45-16-10-20-52(65-45)64-24-27-81(4,76)77/h5-21,28-31,41-42,47H,22-27,32-33H2,1-4H3,(H,64,65)(H,66,67)(H,68,72)(H,69,73). The number of ether oxygens (including phenoxy) is 1. The number of benzene rings is 4. The number of pyridine rings is 2. The molecule has 0 radical (unpaired) electrons. The van der Waals surface area contributed by atoms with Crippen LogP contribution in [0.2, 0.25) is 0 Å². The summed E-state index contributed by atoms with van der Waals surface area (Å²) >= 11 is 2.58. The summed E-state index contributed by atoms with van der Waals surface area (Å²) in [4.78, 5) is 71.1. The van der Waals surface area contributed by atoms with Gasteiger partial charge in [0.15, 0.2) is 0 Å². The molecule has 4 amide bonds. The number of hydrogen-bond acceptors (Lipinski definition) is 13. The molecule has 1 saturated carbocycles. The van der Waals surface area contributed by atoms with Crippen molar-refractivity contribution in [3.05, 3.63) is 188 Å². The lowest BCUT2D eigenvalue weighted by Gasteiger charge is -2.23. The number of amides is 4. The molecule has 4 aromatic heterocycles. The molecule has 20 heteroatoms. The van der Waals surface area contributed by atoms with Crippen LogP contribution in [0.3, 0.4) is 0 Å². The number of carbonyl (C=O) groups is 4. The maximum Gasteiger partial charge on any atom is 0.276 e. The molecule has 2 aliphatic heterocycles. The van der Waals surface area contributed by atoms with Gasteiger partial charge in [0.1, 0.15) is 44.5 Å². The molecule has 3 unspecified atom stereocenters. The van der Waals surface area contributed by atoms with E-state index in [0.717, 1.165) is 50.2 Å². The number of carbonyl (C=O) groups excluding carboxylic acids is 4. The molecule has 1 aliphatic carbocycles. The molecule has 1 fully saturated rings. The molecule has 11 rings (SSSR count). The van der Waals surface area contributed by atoms with E-state index in [2.05, 4.69) is 26.3 Å².